The Labute approximate surface area is 164 Å². The van der Waals surface area contributed by atoms with E-state index >= 15 is 0 Å². The summed E-state index contributed by atoms with van der Waals surface area (Å²) in [6.07, 6.45) is 2.78. The first-order valence-electron chi connectivity index (χ1n) is 7.49. The van der Waals surface area contributed by atoms with E-state index in [1.165, 1.54) is 35.3 Å². The van der Waals surface area contributed by atoms with E-state index in [9.17, 15) is 18.5 Å². The van der Waals surface area contributed by atoms with Crippen molar-refractivity contribution in [3.05, 3.63) is 80.6 Å². The lowest BCUT2D eigenvalue weighted by Gasteiger charge is -2.06. The molecular formula is C16H12Cl2N4O4S. The first-order valence-corrected chi connectivity index (χ1v) is 9.73. The second-order valence-electron chi connectivity index (χ2n) is 5.51. The SMILES string of the molecule is O=[N+]([O-])c1ccccc1S(=O)(=O)Nc1cnn(Cc2ccc(Cl)c(Cl)c2)c1. The minimum Gasteiger partial charge on any atom is -0.276 e. The molecule has 0 atom stereocenters. The maximum atomic E-state index is 12.5. The van der Waals surface area contributed by atoms with Crippen LogP contribution in [0, 0.1) is 10.1 Å². The predicted molar refractivity (Wildman–Crippen MR) is 102 cm³/mol. The van der Waals surface area contributed by atoms with Gasteiger partial charge in [-0.1, -0.05) is 41.4 Å². The largest absolute Gasteiger partial charge is 0.289 e. The van der Waals surface area contributed by atoms with Crippen LogP contribution in [-0.2, 0) is 16.6 Å². The van der Waals surface area contributed by atoms with E-state index in [1.54, 1.807) is 18.2 Å². The number of halogens is 2. The molecule has 27 heavy (non-hydrogen) atoms. The van der Waals surface area contributed by atoms with Crippen molar-refractivity contribution in [1.82, 2.24) is 9.78 Å². The van der Waals surface area contributed by atoms with E-state index in [2.05, 4.69) is 9.82 Å². The minimum atomic E-state index is -4.14. The normalized spacial score (nSPS) is 11.3. The number of anilines is 1. The molecule has 0 radical (unpaired) electrons. The van der Waals surface area contributed by atoms with Crippen LogP contribution in [-0.4, -0.2) is 23.1 Å². The molecule has 140 valence electrons. The van der Waals surface area contributed by atoms with E-state index in [0.717, 1.165) is 11.6 Å². The average Bonchev–Trinajstić information content (AvgIpc) is 3.04. The maximum absolute atomic E-state index is 12.5. The third-order valence-electron chi connectivity index (χ3n) is 3.57. The third kappa shape index (κ3) is 4.38. The summed E-state index contributed by atoms with van der Waals surface area (Å²) in [7, 11) is -4.14. The zero-order valence-electron chi connectivity index (χ0n) is 13.5. The zero-order valence-corrected chi connectivity index (χ0v) is 15.9. The minimum absolute atomic E-state index is 0.174. The molecule has 1 heterocycles. The Kier molecular flexibility index (Phi) is 5.36. The highest BCUT2D eigenvalue weighted by Crippen LogP contribution is 2.26. The van der Waals surface area contributed by atoms with Crippen LogP contribution < -0.4 is 4.72 Å². The molecule has 0 amide bonds. The number of hydrogen-bond donors (Lipinski definition) is 1. The van der Waals surface area contributed by atoms with Crippen molar-refractivity contribution in [3.8, 4) is 0 Å². The van der Waals surface area contributed by atoms with Crippen LogP contribution in [0.2, 0.25) is 10.0 Å². The van der Waals surface area contributed by atoms with E-state index in [1.807, 2.05) is 0 Å². The fourth-order valence-corrected chi connectivity index (χ4v) is 3.90. The van der Waals surface area contributed by atoms with Gasteiger partial charge in [0.25, 0.3) is 15.7 Å². The topological polar surface area (TPSA) is 107 Å². The number of nitro groups is 1. The van der Waals surface area contributed by atoms with Gasteiger partial charge in [0, 0.05) is 12.3 Å². The molecule has 3 rings (SSSR count). The van der Waals surface area contributed by atoms with Crippen molar-refractivity contribution in [3.63, 3.8) is 0 Å². The number of benzene rings is 2. The second-order valence-corrected chi connectivity index (χ2v) is 7.97. The molecular weight excluding hydrogens is 415 g/mol. The lowest BCUT2D eigenvalue weighted by atomic mass is 10.2. The molecule has 0 saturated carbocycles. The van der Waals surface area contributed by atoms with Gasteiger partial charge in [-0.2, -0.15) is 5.10 Å². The van der Waals surface area contributed by atoms with Crippen molar-refractivity contribution < 1.29 is 13.3 Å². The number of nitrogens with zero attached hydrogens (tertiary/aromatic N) is 3. The summed E-state index contributed by atoms with van der Waals surface area (Å²) in [6.45, 7) is 0.337. The average molecular weight is 427 g/mol. The van der Waals surface area contributed by atoms with Gasteiger partial charge in [0.1, 0.15) is 0 Å². The van der Waals surface area contributed by atoms with Crippen LogP contribution in [0.5, 0.6) is 0 Å². The van der Waals surface area contributed by atoms with Gasteiger partial charge in [0.15, 0.2) is 4.90 Å². The molecule has 11 heteroatoms. The number of hydrogen-bond acceptors (Lipinski definition) is 5. The molecule has 0 spiro atoms. The van der Waals surface area contributed by atoms with Crippen LogP contribution in [0.4, 0.5) is 11.4 Å². The van der Waals surface area contributed by atoms with Crippen molar-refractivity contribution in [2.24, 2.45) is 0 Å². The van der Waals surface area contributed by atoms with E-state index < -0.39 is 25.5 Å². The quantitative estimate of drug-likeness (QED) is 0.474. The Morgan fingerprint density at radius 3 is 2.59 bits per heavy atom. The first-order chi connectivity index (χ1) is 12.8. The van der Waals surface area contributed by atoms with Crippen molar-refractivity contribution in [1.29, 1.82) is 0 Å². The van der Waals surface area contributed by atoms with Crippen molar-refractivity contribution >= 4 is 44.6 Å². The summed E-state index contributed by atoms with van der Waals surface area (Å²) in [6, 6.07) is 10.2. The summed E-state index contributed by atoms with van der Waals surface area (Å²) >= 11 is 11.8. The summed E-state index contributed by atoms with van der Waals surface area (Å²) in [5.74, 6) is 0. The van der Waals surface area contributed by atoms with E-state index in [-0.39, 0.29) is 5.69 Å². The maximum Gasteiger partial charge on any atom is 0.289 e. The van der Waals surface area contributed by atoms with Gasteiger partial charge >= 0.3 is 0 Å². The molecule has 0 bridgehead atoms. The fourth-order valence-electron chi connectivity index (χ4n) is 2.37. The first kappa shape index (κ1) is 19.2. The van der Waals surface area contributed by atoms with Crippen LogP contribution in [0.1, 0.15) is 5.56 Å². The predicted octanol–water partition coefficient (Wildman–Crippen LogP) is 3.95. The van der Waals surface area contributed by atoms with Gasteiger partial charge in [-0.05, 0) is 23.8 Å². The molecule has 0 aliphatic heterocycles. The Hall–Kier alpha value is -2.62. The molecule has 0 aliphatic carbocycles. The number of rotatable bonds is 6. The van der Waals surface area contributed by atoms with Crippen LogP contribution in [0.25, 0.3) is 0 Å². The van der Waals surface area contributed by atoms with Gasteiger partial charge < -0.3 is 0 Å². The van der Waals surface area contributed by atoms with Gasteiger partial charge in [0.2, 0.25) is 0 Å². The van der Waals surface area contributed by atoms with Crippen LogP contribution >= 0.6 is 23.2 Å². The molecule has 0 saturated heterocycles. The molecule has 0 fully saturated rings. The van der Waals surface area contributed by atoms with Gasteiger partial charge in [0.05, 0.1) is 33.4 Å². The van der Waals surface area contributed by atoms with Crippen LogP contribution in [0.3, 0.4) is 0 Å². The van der Waals surface area contributed by atoms with Crippen LogP contribution in [0.15, 0.2) is 59.8 Å². The highest BCUT2D eigenvalue weighted by molar-refractivity contribution is 7.92. The van der Waals surface area contributed by atoms with Gasteiger partial charge in [-0.25, -0.2) is 8.42 Å². The van der Waals surface area contributed by atoms with Crippen molar-refractivity contribution in [2.45, 2.75) is 11.4 Å². The summed E-state index contributed by atoms with van der Waals surface area (Å²) < 4.78 is 28.8. The Morgan fingerprint density at radius 1 is 1.15 bits per heavy atom. The molecule has 0 aliphatic rings. The van der Waals surface area contributed by atoms with Crippen molar-refractivity contribution in [2.75, 3.05) is 4.72 Å². The van der Waals surface area contributed by atoms with Gasteiger partial charge in [-0.3, -0.25) is 19.5 Å². The Bertz CT molecular complexity index is 1120. The molecule has 3 aromatic rings. The molecule has 1 aromatic heterocycles. The molecule has 2 aromatic carbocycles. The molecule has 0 unspecified atom stereocenters. The highest BCUT2D eigenvalue weighted by atomic mass is 35.5. The fraction of sp³-hybridized carbons (Fsp3) is 0.0625. The van der Waals surface area contributed by atoms with E-state index in [4.69, 9.17) is 23.2 Å². The number of nitrogens with one attached hydrogen (secondary N) is 1. The smallest absolute Gasteiger partial charge is 0.276 e. The summed E-state index contributed by atoms with van der Waals surface area (Å²) in [5, 5.41) is 16.0. The Morgan fingerprint density at radius 2 is 1.89 bits per heavy atom. The van der Waals surface area contributed by atoms with Gasteiger partial charge in [-0.15, -0.1) is 0 Å². The second kappa shape index (κ2) is 7.55. The zero-order chi connectivity index (χ0) is 19.6. The van der Waals surface area contributed by atoms with E-state index in [0.29, 0.717) is 16.6 Å². The Balaban J connectivity index is 1.81. The number of nitro benzene ring substituents is 1. The summed E-state index contributed by atoms with van der Waals surface area (Å²) in [5.41, 5.74) is 0.488. The lowest BCUT2D eigenvalue weighted by molar-refractivity contribution is -0.387. The number of aromatic nitrogens is 2. The monoisotopic (exact) mass is 426 g/mol. The lowest BCUT2D eigenvalue weighted by Crippen LogP contribution is -2.14. The number of para-hydroxylation sites is 1. The highest BCUT2D eigenvalue weighted by Gasteiger charge is 2.25. The number of sulfonamides is 1. The standard InChI is InChI=1S/C16H12Cl2N4O4S/c17-13-6-5-11(7-14(13)18)9-21-10-12(8-19-21)20-27(25,26)16-4-2-1-3-15(16)22(23)24/h1-8,10,20H,9H2. The molecule has 1 N–H and O–H groups in total. The summed E-state index contributed by atoms with van der Waals surface area (Å²) in [4.78, 5) is 9.88. The molecule has 8 nitrogen and oxygen atoms in total. The third-order valence-corrected chi connectivity index (χ3v) is 5.73.